The van der Waals surface area contributed by atoms with Gasteiger partial charge in [-0.2, -0.15) is 5.26 Å². The Labute approximate surface area is 266 Å². The fourth-order valence-electron chi connectivity index (χ4n) is 6.57. The zero-order chi connectivity index (χ0) is 31.0. The summed E-state index contributed by atoms with van der Waals surface area (Å²) in [6, 6.07) is 44.7. The van der Waals surface area contributed by atoms with Crippen LogP contribution in [0.3, 0.4) is 0 Å². The number of pyridine rings is 2. The number of hydrogen-bond acceptors (Lipinski definition) is 3. The van der Waals surface area contributed by atoms with Gasteiger partial charge in [0.2, 0.25) is 5.69 Å². The van der Waals surface area contributed by atoms with Gasteiger partial charge in [-0.05, 0) is 95.5 Å². The molecule has 2 heterocycles. The Morgan fingerprint density at radius 1 is 0.500 bits per heavy atom. The summed E-state index contributed by atoms with van der Waals surface area (Å²) >= 11 is 0. The van der Waals surface area contributed by atoms with E-state index in [4.69, 9.17) is 6.57 Å². The molecule has 0 atom stereocenters. The zero-order valence-corrected chi connectivity index (χ0v) is 24.6. The lowest BCUT2D eigenvalue weighted by molar-refractivity contribution is 1.30. The maximum Gasteiger partial charge on any atom is 0.205 e. The van der Waals surface area contributed by atoms with E-state index >= 15 is 0 Å². The topological polar surface area (TPSA) is 53.9 Å². The van der Waals surface area contributed by atoms with Crippen molar-refractivity contribution in [3.63, 3.8) is 0 Å². The molecule has 0 saturated heterocycles. The third kappa shape index (κ3) is 4.54. The summed E-state index contributed by atoms with van der Waals surface area (Å²) < 4.78 is 0. The van der Waals surface area contributed by atoms with Gasteiger partial charge in [0.05, 0.1) is 12.1 Å². The summed E-state index contributed by atoms with van der Waals surface area (Å²) in [6.07, 6.45) is 6.81. The molecule has 8 rings (SSSR count). The summed E-state index contributed by atoms with van der Waals surface area (Å²) in [5.74, 6) is 0. The van der Waals surface area contributed by atoms with Gasteiger partial charge in [-0.25, -0.2) is 4.85 Å². The van der Waals surface area contributed by atoms with Gasteiger partial charge < -0.3 is 0 Å². The summed E-state index contributed by atoms with van der Waals surface area (Å²) in [4.78, 5) is 12.2. The molecule has 0 N–H and O–H groups in total. The Morgan fingerprint density at radius 3 is 1.83 bits per heavy atom. The molecule has 4 heteroatoms. The van der Waals surface area contributed by atoms with E-state index in [0.717, 1.165) is 55.1 Å². The number of nitriles is 1. The quantitative estimate of drug-likeness (QED) is 0.117. The van der Waals surface area contributed by atoms with E-state index in [1.165, 1.54) is 21.7 Å². The lowest BCUT2D eigenvalue weighted by atomic mass is 9.83. The first-order valence-electron chi connectivity index (χ1n) is 15.0. The van der Waals surface area contributed by atoms with Crippen LogP contribution in [0.2, 0.25) is 0 Å². The molecule has 0 amide bonds. The van der Waals surface area contributed by atoms with Gasteiger partial charge in [0, 0.05) is 30.4 Å². The van der Waals surface area contributed by atoms with Gasteiger partial charge >= 0.3 is 0 Å². The van der Waals surface area contributed by atoms with Crippen LogP contribution in [0, 0.1) is 17.9 Å². The average Bonchev–Trinajstić information content (AvgIpc) is 3.13. The second-order valence-electron chi connectivity index (χ2n) is 11.3. The fourth-order valence-corrected chi connectivity index (χ4v) is 6.57. The van der Waals surface area contributed by atoms with Crippen molar-refractivity contribution < 1.29 is 0 Å². The highest BCUT2D eigenvalue weighted by molar-refractivity contribution is 6.28. The van der Waals surface area contributed by atoms with Gasteiger partial charge in [0.15, 0.2) is 0 Å². The fraction of sp³-hybridized carbons (Fsp3) is 0. The minimum atomic E-state index is 0.520. The molecule has 0 spiro atoms. The third-order valence-electron chi connectivity index (χ3n) is 8.60. The van der Waals surface area contributed by atoms with Crippen molar-refractivity contribution in [3.8, 4) is 50.6 Å². The second-order valence-corrected chi connectivity index (χ2v) is 11.3. The standard InChI is InChI=1S/C42H24N4/c1-44-35-21-34(25-46-26-35)30-10-7-12-32(20-30)41-38-15-5-4-14-37(38)40(39-17-16-28-8-2-3-13-36(28)42(39)41)31-11-6-9-29(19-31)33-18-27(22-43)23-45-24-33/h2-21,23-26H. The van der Waals surface area contributed by atoms with Crippen molar-refractivity contribution in [2.24, 2.45) is 0 Å². The summed E-state index contributed by atoms with van der Waals surface area (Å²) in [7, 11) is 0. The van der Waals surface area contributed by atoms with Crippen molar-refractivity contribution >= 4 is 38.0 Å². The van der Waals surface area contributed by atoms with Crippen molar-refractivity contribution in [1.29, 1.82) is 5.26 Å². The van der Waals surface area contributed by atoms with Crippen LogP contribution >= 0.6 is 0 Å². The van der Waals surface area contributed by atoms with E-state index in [0.29, 0.717) is 11.3 Å². The molecule has 8 aromatic rings. The third-order valence-corrected chi connectivity index (χ3v) is 8.60. The van der Waals surface area contributed by atoms with Crippen LogP contribution in [0.4, 0.5) is 5.69 Å². The molecule has 0 fully saturated rings. The van der Waals surface area contributed by atoms with E-state index in [1.54, 1.807) is 12.4 Å². The van der Waals surface area contributed by atoms with E-state index < -0.39 is 0 Å². The smallest absolute Gasteiger partial charge is 0.205 e. The molecule has 0 saturated carbocycles. The highest BCUT2D eigenvalue weighted by Gasteiger charge is 2.19. The molecule has 6 aromatic carbocycles. The maximum atomic E-state index is 9.49. The molecule has 4 nitrogen and oxygen atoms in total. The maximum absolute atomic E-state index is 9.49. The Morgan fingerprint density at radius 2 is 1.11 bits per heavy atom. The highest BCUT2D eigenvalue weighted by atomic mass is 14.7. The van der Waals surface area contributed by atoms with Crippen LogP contribution < -0.4 is 0 Å². The molecule has 0 bridgehead atoms. The Kier molecular flexibility index (Phi) is 6.53. The Balaban J connectivity index is 1.45. The normalized spacial score (nSPS) is 11.0. The second kappa shape index (κ2) is 11.1. The molecule has 0 aliphatic carbocycles. The highest BCUT2D eigenvalue weighted by Crippen LogP contribution is 2.47. The zero-order valence-electron chi connectivity index (χ0n) is 24.6. The van der Waals surface area contributed by atoms with Crippen LogP contribution in [0.5, 0.6) is 0 Å². The van der Waals surface area contributed by atoms with Gasteiger partial charge in [0.1, 0.15) is 6.07 Å². The SMILES string of the molecule is [C-]#[N+]c1cncc(-c2cccc(-c3c4ccccc4c(-c4cccc(-c5cncc(C#N)c5)c4)c4ccc5ccccc5c34)c2)c1. The molecule has 2 aromatic heterocycles. The van der Waals surface area contributed by atoms with Crippen LogP contribution in [0.1, 0.15) is 5.56 Å². The van der Waals surface area contributed by atoms with Crippen molar-refractivity contribution in [2.75, 3.05) is 0 Å². The van der Waals surface area contributed by atoms with Crippen molar-refractivity contribution in [2.45, 2.75) is 0 Å². The molecular weight excluding hydrogens is 560 g/mol. The molecular formula is C42H24N4. The minimum absolute atomic E-state index is 0.520. The van der Waals surface area contributed by atoms with Gasteiger partial charge in [0.25, 0.3) is 0 Å². The number of fused-ring (bicyclic) bond motifs is 4. The number of benzene rings is 6. The molecule has 46 heavy (non-hydrogen) atoms. The Hall–Kier alpha value is -6.62. The first-order chi connectivity index (χ1) is 22.7. The van der Waals surface area contributed by atoms with E-state index in [1.807, 2.05) is 24.5 Å². The largest absolute Gasteiger partial charge is 0.276 e. The molecule has 0 aliphatic heterocycles. The van der Waals surface area contributed by atoms with E-state index in [9.17, 15) is 5.26 Å². The number of hydrogen-bond donors (Lipinski definition) is 0. The molecule has 212 valence electrons. The number of rotatable bonds is 4. The van der Waals surface area contributed by atoms with Gasteiger partial charge in [-0.15, -0.1) is 0 Å². The number of nitrogens with zero attached hydrogens (tertiary/aromatic N) is 4. The van der Waals surface area contributed by atoms with Gasteiger partial charge in [-0.3, -0.25) is 9.97 Å². The van der Waals surface area contributed by atoms with Crippen molar-refractivity contribution in [3.05, 3.63) is 163 Å². The predicted octanol–water partition coefficient (Wildman–Crippen LogP) is 11.0. The van der Waals surface area contributed by atoms with Crippen LogP contribution in [-0.4, -0.2) is 9.97 Å². The number of aromatic nitrogens is 2. The van der Waals surface area contributed by atoms with Crippen LogP contribution in [0.15, 0.2) is 146 Å². The molecule has 0 unspecified atom stereocenters. The molecule has 0 aliphatic rings. The summed E-state index contributed by atoms with van der Waals surface area (Å²) in [6.45, 7) is 7.48. The van der Waals surface area contributed by atoms with Gasteiger partial charge in [-0.1, -0.05) is 97.1 Å². The Bertz CT molecular complexity index is 2570. The lowest BCUT2D eigenvalue weighted by Crippen LogP contribution is -1.93. The van der Waals surface area contributed by atoms with Crippen molar-refractivity contribution in [1.82, 2.24) is 9.97 Å². The first kappa shape index (κ1) is 27.0. The monoisotopic (exact) mass is 584 g/mol. The molecule has 0 radical (unpaired) electrons. The van der Waals surface area contributed by atoms with E-state index in [-0.39, 0.29) is 0 Å². The van der Waals surface area contributed by atoms with E-state index in [2.05, 4.69) is 130 Å². The summed E-state index contributed by atoms with van der Waals surface area (Å²) in [5.41, 5.74) is 9.43. The van der Waals surface area contributed by atoms with Crippen LogP contribution in [-0.2, 0) is 0 Å². The lowest BCUT2D eigenvalue weighted by Gasteiger charge is -2.20. The van der Waals surface area contributed by atoms with Crippen LogP contribution in [0.25, 0.3) is 81.7 Å². The average molecular weight is 585 g/mol. The minimum Gasteiger partial charge on any atom is -0.276 e. The first-order valence-corrected chi connectivity index (χ1v) is 15.0. The summed E-state index contributed by atoms with van der Waals surface area (Å²) in [5, 5.41) is 16.5. The predicted molar refractivity (Wildman–Crippen MR) is 187 cm³/mol.